The van der Waals surface area contributed by atoms with Crippen LogP contribution in [0.2, 0.25) is 0 Å². The Kier molecular flexibility index (Phi) is 2.84. The summed E-state index contributed by atoms with van der Waals surface area (Å²) in [6.07, 6.45) is 0.517. The lowest BCUT2D eigenvalue weighted by molar-refractivity contribution is 0.154. The maximum Gasteiger partial charge on any atom is 0.317 e. The second-order valence-electron chi connectivity index (χ2n) is 4.66. The van der Waals surface area contributed by atoms with Crippen LogP contribution >= 0.6 is 0 Å². The van der Waals surface area contributed by atoms with Crippen LogP contribution in [0.25, 0.3) is 0 Å². The van der Waals surface area contributed by atoms with Gasteiger partial charge in [0.2, 0.25) is 0 Å². The van der Waals surface area contributed by atoms with E-state index in [9.17, 15) is 9.90 Å². The molecule has 5 nitrogen and oxygen atoms in total. The van der Waals surface area contributed by atoms with Crippen LogP contribution in [0.1, 0.15) is 20.3 Å². The fraction of sp³-hybridized carbons (Fsp3) is 0.900. The number of urea groups is 1. The molecule has 3 atom stereocenters. The number of carbonyl (C=O) groups is 1. The van der Waals surface area contributed by atoms with E-state index in [0.717, 1.165) is 13.0 Å². The third-order valence-corrected chi connectivity index (χ3v) is 3.11. The van der Waals surface area contributed by atoms with E-state index in [1.54, 1.807) is 4.90 Å². The highest BCUT2D eigenvalue weighted by Crippen LogP contribution is 2.25. The number of likely N-dealkylation sites (tertiary alicyclic amines) is 1. The summed E-state index contributed by atoms with van der Waals surface area (Å²) >= 11 is 0. The molecule has 0 saturated carbocycles. The Morgan fingerprint density at radius 3 is 3.00 bits per heavy atom. The van der Waals surface area contributed by atoms with E-state index in [1.165, 1.54) is 0 Å². The van der Waals surface area contributed by atoms with Crippen molar-refractivity contribution >= 4 is 6.03 Å². The zero-order valence-corrected chi connectivity index (χ0v) is 9.23. The molecule has 15 heavy (non-hydrogen) atoms. The van der Waals surface area contributed by atoms with E-state index in [4.69, 9.17) is 0 Å². The average molecular weight is 213 g/mol. The van der Waals surface area contributed by atoms with Crippen molar-refractivity contribution in [3.8, 4) is 0 Å². The zero-order valence-electron chi connectivity index (χ0n) is 9.23. The molecule has 2 aliphatic rings. The molecule has 0 bridgehead atoms. The van der Waals surface area contributed by atoms with Crippen molar-refractivity contribution in [3.05, 3.63) is 0 Å². The zero-order chi connectivity index (χ0) is 11.0. The molecule has 2 heterocycles. The van der Waals surface area contributed by atoms with Gasteiger partial charge in [0.15, 0.2) is 0 Å². The largest absolute Gasteiger partial charge is 0.390 e. The summed E-state index contributed by atoms with van der Waals surface area (Å²) in [5.74, 6) is 0. The molecule has 2 aliphatic heterocycles. The average Bonchev–Trinajstić information content (AvgIpc) is 2.68. The Morgan fingerprint density at radius 2 is 2.33 bits per heavy atom. The summed E-state index contributed by atoms with van der Waals surface area (Å²) in [6.45, 7) is 5.21. The highest BCUT2D eigenvalue weighted by Gasteiger charge is 2.45. The fourth-order valence-corrected chi connectivity index (χ4v) is 2.47. The van der Waals surface area contributed by atoms with Crippen LogP contribution in [0.3, 0.4) is 0 Å². The maximum atomic E-state index is 11.8. The van der Waals surface area contributed by atoms with Crippen molar-refractivity contribution < 1.29 is 9.90 Å². The summed E-state index contributed by atoms with van der Waals surface area (Å²) in [5, 5.41) is 15.9. The topological polar surface area (TPSA) is 64.6 Å². The van der Waals surface area contributed by atoms with Crippen LogP contribution < -0.4 is 10.6 Å². The van der Waals surface area contributed by atoms with E-state index >= 15 is 0 Å². The monoisotopic (exact) mass is 213 g/mol. The van der Waals surface area contributed by atoms with Crippen molar-refractivity contribution in [2.45, 2.75) is 44.5 Å². The number of fused-ring (bicyclic) bond motifs is 1. The molecule has 2 saturated heterocycles. The normalized spacial score (nSPS) is 34.7. The van der Waals surface area contributed by atoms with Crippen LogP contribution in [0.4, 0.5) is 4.79 Å². The first-order valence-electron chi connectivity index (χ1n) is 5.58. The van der Waals surface area contributed by atoms with Gasteiger partial charge in [-0.05, 0) is 26.8 Å². The van der Waals surface area contributed by atoms with Crippen molar-refractivity contribution in [2.75, 3.05) is 13.1 Å². The Bertz CT molecular complexity index is 257. The SMILES string of the molecule is CC(C)NC(=O)N1C[C@H](O)[C@H]2NCC[C@H]21. The summed E-state index contributed by atoms with van der Waals surface area (Å²) in [4.78, 5) is 13.6. The van der Waals surface area contributed by atoms with Gasteiger partial charge in [-0.15, -0.1) is 0 Å². The van der Waals surface area contributed by atoms with E-state index < -0.39 is 6.10 Å². The van der Waals surface area contributed by atoms with Crippen LogP contribution in [0.5, 0.6) is 0 Å². The van der Waals surface area contributed by atoms with Crippen molar-refractivity contribution in [1.82, 2.24) is 15.5 Å². The molecule has 3 N–H and O–H groups in total. The molecule has 0 aromatic rings. The molecule has 2 rings (SSSR count). The molecule has 0 aromatic carbocycles. The number of hydrogen-bond acceptors (Lipinski definition) is 3. The standard InChI is InChI=1S/C10H19N3O2/c1-6(2)12-10(15)13-5-8(14)9-7(13)3-4-11-9/h6-9,11,14H,3-5H2,1-2H3,(H,12,15)/t7-,8+,9+/m1/s1. The fourth-order valence-electron chi connectivity index (χ4n) is 2.47. The number of aliphatic hydroxyl groups is 1. The Morgan fingerprint density at radius 1 is 1.60 bits per heavy atom. The van der Waals surface area contributed by atoms with Gasteiger partial charge in [-0.2, -0.15) is 0 Å². The van der Waals surface area contributed by atoms with Crippen LogP contribution in [0.15, 0.2) is 0 Å². The van der Waals surface area contributed by atoms with Gasteiger partial charge in [0.1, 0.15) is 0 Å². The van der Waals surface area contributed by atoms with E-state index in [0.29, 0.717) is 6.54 Å². The molecular formula is C10H19N3O2. The first-order valence-corrected chi connectivity index (χ1v) is 5.58. The summed E-state index contributed by atoms with van der Waals surface area (Å²) in [6, 6.07) is 0.324. The van der Waals surface area contributed by atoms with Gasteiger partial charge in [0.05, 0.1) is 24.7 Å². The Hall–Kier alpha value is -0.810. The molecule has 2 amide bonds. The van der Waals surface area contributed by atoms with Gasteiger partial charge in [-0.1, -0.05) is 0 Å². The maximum absolute atomic E-state index is 11.8. The number of carbonyl (C=O) groups excluding carboxylic acids is 1. The molecule has 0 radical (unpaired) electrons. The van der Waals surface area contributed by atoms with E-state index in [1.807, 2.05) is 13.8 Å². The molecule has 0 spiro atoms. The summed E-state index contributed by atoms with van der Waals surface area (Å²) < 4.78 is 0. The molecule has 5 heteroatoms. The van der Waals surface area contributed by atoms with Crippen LogP contribution in [-0.2, 0) is 0 Å². The third kappa shape index (κ3) is 1.94. The lowest BCUT2D eigenvalue weighted by atomic mass is 10.1. The minimum Gasteiger partial charge on any atom is -0.390 e. The smallest absolute Gasteiger partial charge is 0.317 e. The first-order chi connectivity index (χ1) is 7.09. The van der Waals surface area contributed by atoms with Gasteiger partial charge in [-0.25, -0.2) is 4.79 Å². The Balaban J connectivity index is 2.01. The Labute approximate surface area is 89.8 Å². The molecule has 2 fully saturated rings. The number of β-amino-alcohol motifs (C(OH)–C–C–N with tert-alkyl or cyclic N) is 1. The van der Waals surface area contributed by atoms with E-state index in [2.05, 4.69) is 10.6 Å². The number of amides is 2. The summed E-state index contributed by atoms with van der Waals surface area (Å²) in [7, 11) is 0. The number of hydrogen-bond donors (Lipinski definition) is 3. The van der Waals surface area contributed by atoms with Gasteiger partial charge in [0.25, 0.3) is 0 Å². The number of nitrogens with zero attached hydrogens (tertiary/aromatic N) is 1. The predicted molar refractivity (Wildman–Crippen MR) is 56.6 cm³/mol. The third-order valence-electron chi connectivity index (χ3n) is 3.11. The highest BCUT2D eigenvalue weighted by atomic mass is 16.3. The molecule has 0 aliphatic carbocycles. The van der Waals surface area contributed by atoms with Crippen molar-refractivity contribution in [2.24, 2.45) is 0 Å². The summed E-state index contributed by atoms with van der Waals surface area (Å²) in [5.41, 5.74) is 0. The number of aliphatic hydroxyl groups excluding tert-OH is 1. The van der Waals surface area contributed by atoms with Crippen LogP contribution in [0, 0.1) is 0 Å². The van der Waals surface area contributed by atoms with Gasteiger partial charge in [0, 0.05) is 6.04 Å². The number of nitrogens with one attached hydrogen (secondary N) is 2. The lowest BCUT2D eigenvalue weighted by Crippen LogP contribution is -2.46. The number of rotatable bonds is 1. The highest BCUT2D eigenvalue weighted by molar-refractivity contribution is 5.75. The van der Waals surface area contributed by atoms with Gasteiger partial charge < -0.3 is 20.6 Å². The molecular weight excluding hydrogens is 194 g/mol. The molecule has 0 unspecified atom stereocenters. The predicted octanol–water partition coefficient (Wildman–Crippen LogP) is -0.489. The van der Waals surface area contributed by atoms with Crippen molar-refractivity contribution in [1.29, 1.82) is 0 Å². The van der Waals surface area contributed by atoms with Crippen molar-refractivity contribution in [3.63, 3.8) is 0 Å². The van der Waals surface area contributed by atoms with E-state index in [-0.39, 0.29) is 24.2 Å². The van der Waals surface area contributed by atoms with Gasteiger partial charge >= 0.3 is 6.03 Å². The minimum absolute atomic E-state index is 0.0553. The quantitative estimate of drug-likeness (QED) is 0.551. The lowest BCUT2D eigenvalue weighted by Gasteiger charge is -2.24. The second kappa shape index (κ2) is 3.98. The first kappa shape index (κ1) is 10.7. The van der Waals surface area contributed by atoms with Crippen LogP contribution in [-0.4, -0.2) is 53.4 Å². The molecule has 0 aromatic heterocycles. The van der Waals surface area contributed by atoms with Gasteiger partial charge in [-0.3, -0.25) is 0 Å². The molecule has 86 valence electrons. The minimum atomic E-state index is -0.421. The second-order valence-corrected chi connectivity index (χ2v) is 4.66.